The molecule has 2 aliphatic heterocycles. The van der Waals surface area contributed by atoms with Gasteiger partial charge in [-0.25, -0.2) is 4.98 Å². The van der Waals surface area contributed by atoms with Crippen LogP contribution in [0.3, 0.4) is 0 Å². The number of aromatic nitrogens is 1. The summed E-state index contributed by atoms with van der Waals surface area (Å²) in [7, 11) is 2.29. The molecule has 4 nitrogen and oxygen atoms in total. The Labute approximate surface area is 132 Å². The maximum Gasteiger partial charge on any atom is 0.185 e. The van der Waals surface area contributed by atoms with Gasteiger partial charge < -0.3 is 15.5 Å². The predicted octanol–water partition coefficient (Wildman–Crippen LogP) is 2.65. The Hall–Kier alpha value is -0.650. The molecule has 0 aromatic carbocycles. The molecule has 0 amide bonds. The van der Waals surface area contributed by atoms with Crippen LogP contribution in [-0.2, 0) is 6.54 Å². The molecule has 2 saturated heterocycles. The van der Waals surface area contributed by atoms with E-state index < -0.39 is 0 Å². The van der Waals surface area contributed by atoms with Gasteiger partial charge in [0.15, 0.2) is 5.13 Å². The SMILES string of the molecule is CC(C)c1nc(N2CCC3C(CCCN3C)C2)sc1CN. The van der Waals surface area contributed by atoms with Gasteiger partial charge in [-0.1, -0.05) is 13.8 Å². The molecule has 0 spiro atoms. The molecule has 0 saturated carbocycles. The van der Waals surface area contributed by atoms with E-state index in [-0.39, 0.29) is 0 Å². The second-order valence-electron chi connectivity index (χ2n) is 6.85. The van der Waals surface area contributed by atoms with E-state index in [1.54, 1.807) is 0 Å². The van der Waals surface area contributed by atoms with E-state index in [0.29, 0.717) is 12.5 Å². The molecule has 3 rings (SSSR count). The number of fused-ring (bicyclic) bond motifs is 1. The minimum atomic E-state index is 0.465. The Morgan fingerprint density at radius 3 is 2.81 bits per heavy atom. The second-order valence-corrected chi connectivity index (χ2v) is 7.91. The van der Waals surface area contributed by atoms with Crippen molar-refractivity contribution in [3.8, 4) is 0 Å². The number of piperidine rings is 2. The molecule has 21 heavy (non-hydrogen) atoms. The lowest BCUT2D eigenvalue weighted by Gasteiger charge is -2.45. The van der Waals surface area contributed by atoms with Crippen LogP contribution in [0.25, 0.3) is 0 Å². The first kappa shape index (κ1) is 15.3. The van der Waals surface area contributed by atoms with Gasteiger partial charge in [0, 0.05) is 30.6 Å². The van der Waals surface area contributed by atoms with Crippen molar-refractivity contribution in [2.24, 2.45) is 11.7 Å². The topological polar surface area (TPSA) is 45.4 Å². The molecule has 2 unspecified atom stereocenters. The van der Waals surface area contributed by atoms with E-state index >= 15 is 0 Å². The summed E-state index contributed by atoms with van der Waals surface area (Å²) in [6, 6.07) is 0.786. The molecular formula is C16H28N4S. The summed E-state index contributed by atoms with van der Waals surface area (Å²) >= 11 is 1.81. The smallest absolute Gasteiger partial charge is 0.185 e. The Morgan fingerprint density at radius 1 is 1.33 bits per heavy atom. The number of likely N-dealkylation sites (tertiary alicyclic amines) is 1. The third kappa shape index (κ3) is 2.96. The summed E-state index contributed by atoms with van der Waals surface area (Å²) in [6.07, 6.45) is 3.99. The van der Waals surface area contributed by atoms with Crippen molar-refractivity contribution in [1.29, 1.82) is 0 Å². The summed E-state index contributed by atoms with van der Waals surface area (Å²) in [4.78, 5) is 11.3. The van der Waals surface area contributed by atoms with Gasteiger partial charge in [-0.3, -0.25) is 0 Å². The molecule has 118 valence electrons. The van der Waals surface area contributed by atoms with Gasteiger partial charge in [-0.05, 0) is 44.7 Å². The molecule has 3 heterocycles. The molecule has 1 aromatic heterocycles. The number of thiazole rings is 1. The zero-order valence-electron chi connectivity index (χ0n) is 13.5. The molecule has 0 radical (unpaired) electrons. The summed E-state index contributed by atoms with van der Waals surface area (Å²) < 4.78 is 0. The zero-order valence-corrected chi connectivity index (χ0v) is 14.3. The van der Waals surface area contributed by atoms with Crippen LogP contribution in [0.2, 0.25) is 0 Å². The monoisotopic (exact) mass is 308 g/mol. The fraction of sp³-hybridized carbons (Fsp3) is 0.812. The molecule has 0 bridgehead atoms. The average Bonchev–Trinajstić information content (AvgIpc) is 2.91. The van der Waals surface area contributed by atoms with E-state index in [4.69, 9.17) is 10.7 Å². The quantitative estimate of drug-likeness (QED) is 0.932. The molecule has 2 aliphatic rings. The first-order valence-corrected chi connectivity index (χ1v) is 9.06. The third-order valence-corrected chi connectivity index (χ3v) is 6.22. The Bertz CT molecular complexity index is 485. The highest BCUT2D eigenvalue weighted by molar-refractivity contribution is 7.15. The molecule has 2 fully saturated rings. The fourth-order valence-corrected chi connectivity index (χ4v) is 5.04. The Morgan fingerprint density at radius 2 is 2.14 bits per heavy atom. The first-order chi connectivity index (χ1) is 10.1. The molecule has 0 aliphatic carbocycles. The number of anilines is 1. The van der Waals surface area contributed by atoms with E-state index in [1.807, 2.05) is 11.3 Å². The third-order valence-electron chi connectivity index (χ3n) is 5.06. The van der Waals surface area contributed by atoms with Crippen LogP contribution >= 0.6 is 11.3 Å². The lowest BCUT2D eigenvalue weighted by atomic mass is 9.84. The van der Waals surface area contributed by atoms with Crippen LogP contribution in [0.4, 0.5) is 5.13 Å². The lowest BCUT2D eigenvalue weighted by Crippen LogP contribution is -2.52. The van der Waals surface area contributed by atoms with E-state index in [0.717, 1.165) is 18.5 Å². The van der Waals surface area contributed by atoms with E-state index in [2.05, 4.69) is 30.7 Å². The summed E-state index contributed by atoms with van der Waals surface area (Å²) in [5.41, 5.74) is 7.11. The standard InChI is InChI=1S/C16H28N4S/c1-11(2)15-14(9-17)21-16(18-15)20-8-6-13-12(10-20)5-4-7-19(13)3/h11-13H,4-10,17H2,1-3H3. The van der Waals surface area contributed by atoms with Crippen LogP contribution in [-0.4, -0.2) is 42.6 Å². The number of rotatable bonds is 3. The van der Waals surface area contributed by atoms with Gasteiger partial charge in [-0.15, -0.1) is 11.3 Å². The van der Waals surface area contributed by atoms with Crippen molar-refractivity contribution in [3.63, 3.8) is 0 Å². The van der Waals surface area contributed by atoms with Crippen molar-refractivity contribution in [2.45, 2.75) is 51.6 Å². The first-order valence-electron chi connectivity index (χ1n) is 8.25. The van der Waals surface area contributed by atoms with Gasteiger partial charge >= 0.3 is 0 Å². The number of nitrogens with two attached hydrogens (primary N) is 1. The Kier molecular flexibility index (Phi) is 4.52. The van der Waals surface area contributed by atoms with Crippen molar-refractivity contribution in [1.82, 2.24) is 9.88 Å². The van der Waals surface area contributed by atoms with Gasteiger partial charge in [0.1, 0.15) is 0 Å². The average molecular weight is 308 g/mol. The number of hydrogen-bond donors (Lipinski definition) is 1. The maximum atomic E-state index is 5.90. The minimum absolute atomic E-state index is 0.465. The van der Waals surface area contributed by atoms with Crippen molar-refractivity contribution in [3.05, 3.63) is 10.6 Å². The normalized spacial score (nSPS) is 27.2. The van der Waals surface area contributed by atoms with Gasteiger partial charge in [0.2, 0.25) is 0 Å². The highest BCUT2D eigenvalue weighted by Gasteiger charge is 2.35. The summed E-state index contributed by atoms with van der Waals surface area (Å²) in [5, 5.41) is 1.20. The number of nitrogens with zero attached hydrogens (tertiary/aromatic N) is 3. The summed E-state index contributed by atoms with van der Waals surface area (Å²) in [6.45, 7) is 8.62. The van der Waals surface area contributed by atoms with E-state index in [1.165, 1.54) is 48.1 Å². The molecule has 2 atom stereocenters. The van der Waals surface area contributed by atoms with Crippen molar-refractivity contribution >= 4 is 16.5 Å². The van der Waals surface area contributed by atoms with Gasteiger partial charge in [0.25, 0.3) is 0 Å². The highest BCUT2D eigenvalue weighted by Crippen LogP contribution is 2.35. The van der Waals surface area contributed by atoms with Crippen LogP contribution in [0.1, 0.15) is 49.6 Å². The predicted molar refractivity (Wildman–Crippen MR) is 90.1 cm³/mol. The van der Waals surface area contributed by atoms with Gasteiger partial charge in [-0.2, -0.15) is 0 Å². The molecule has 5 heteroatoms. The van der Waals surface area contributed by atoms with Crippen LogP contribution in [0.15, 0.2) is 0 Å². The maximum absolute atomic E-state index is 5.90. The number of hydrogen-bond acceptors (Lipinski definition) is 5. The molecule has 1 aromatic rings. The highest BCUT2D eigenvalue weighted by atomic mass is 32.1. The summed E-state index contributed by atoms with van der Waals surface area (Å²) in [5.74, 6) is 1.28. The lowest BCUT2D eigenvalue weighted by molar-refractivity contribution is 0.102. The van der Waals surface area contributed by atoms with Crippen LogP contribution in [0.5, 0.6) is 0 Å². The van der Waals surface area contributed by atoms with Crippen molar-refractivity contribution < 1.29 is 0 Å². The van der Waals surface area contributed by atoms with Crippen molar-refractivity contribution in [2.75, 3.05) is 31.6 Å². The minimum Gasteiger partial charge on any atom is -0.348 e. The zero-order chi connectivity index (χ0) is 15.0. The second kappa shape index (κ2) is 6.23. The molecular weight excluding hydrogens is 280 g/mol. The van der Waals surface area contributed by atoms with Gasteiger partial charge in [0.05, 0.1) is 5.69 Å². The van der Waals surface area contributed by atoms with Crippen LogP contribution < -0.4 is 10.6 Å². The van der Waals surface area contributed by atoms with Crippen LogP contribution in [0, 0.1) is 5.92 Å². The largest absolute Gasteiger partial charge is 0.348 e. The molecule has 2 N–H and O–H groups in total. The Balaban J connectivity index is 1.76. The van der Waals surface area contributed by atoms with E-state index in [9.17, 15) is 0 Å². The fourth-order valence-electron chi connectivity index (χ4n) is 3.91.